The summed E-state index contributed by atoms with van der Waals surface area (Å²) >= 11 is 0. The van der Waals surface area contributed by atoms with E-state index in [1.807, 2.05) is 11.0 Å². The fourth-order valence-electron chi connectivity index (χ4n) is 4.83. The molecule has 0 aliphatic carbocycles. The number of hydrogen-bond acceptors (Lipinski definition) is 2. The highest BCUT2D eigenvalue weighted by atomic mass is 16.2. The lowest BCUT2D eigenvalue weighted by Crippen LogP contribution is -2.45. The summed E-state index contributed by atoms with van der Waals surface area (Å²) in [4.78, 5) is 17.4. The van der Waals surface area contributed by atoms with Crippen LogP contribution >= 0.6 is 0 Å². The largest absolute Gasteiger partial charge is 0.308 e. The number of aryl methyl sites for hydroxylation is 2. The van der Waals surface area contributed by atoms with Crippen molar-refractivity contribution >= 4 is 11.6 Å². The monoisotopic (exact) mass is 376 g/mol. The second kappa shape index (κ2) is 8.08. The van der Waals surface area contributed by atoms with Gasteiger partial charge in [-0.15, -0.1) is 0 Å². The maximum absolute atomic E-state index is 13.0. The highest BCUT2D eigenvalue weighted by molar-refractivity contribution is 5.97. The number of nitrogens with zero attached hydrogens (tertiary/aromatic N) is 2. The Morgan fingerprint density at radius 1 is 1.04 bits per heavy atom. The Morgan fingerprint density at radius 2 is 1.79 bits per heavy atom. The van der Waals surface area contributed by atoms with Crippen LogP contribution in [0.15, 0.2) is 42.5 Å². The topological polar surface area (TPSA) is 23.6 Å². The molecule has 3 heteroatoms. The van der Waals surface area contributed by atoms with E-state index in [-0.39, 0.29) is 11.9 Å². The van der Waals surface area contributed by atoms with Crippen LogP contribution in [0.25, 0.3) is 0 Å². The van der Waals surface area contributed by atoms with E-state index >= 15 is 0 Å². The molecule has 4 rings (SSSR count). The van der Waals surface area contributed by atoms with Crippen molar-refractivity contribution in [2.75, 3.05) is 24.5 Å². The van der Waals surface area contributed by atoms with Gasteiger partial charge in [0.05, 0.1) is 6.54 Å². The molecule has 3 nitrogen and oxygen atoms in total. The van der Waals surface area contributed by atoms with Crippen molar-refractivity contribution in [3.8, 4) is 0 Å². The molecule has 0 aromatic heterocycles. The standard InChI is InChI=1S/C25H32N2O/c1-18-8-9-22(14-19(18)2)16-21-10-12-26(13-11-21)17-25(28)27-20(3)15-23-6-4-5-7-24(23)27/h4-9,14,20-21H,10-13,15-17H2,1-3H3. The fourth-order valence-corrected chi connectivity index (χ4v) is 4.83. The first kappa shape index (κ1) is 19.2. The number of para-hydroxylation sites is 1. The third-order valence-electron chi connectivity index (χ3n) is 6.64. The van der Waals surface area contributed by atoms with Crippen LogP contribution in [0.3, 0.4) is 0 Å². The van der Waals surface area contributed by atoms with Crippen molar-refractivity contribution in [3.63, 3.8) is 0 Å². The Bertz CT molecular complexity index is 851. The van der Waals surface area contributed by atoms with Gasteiger partial charge in [-0.3, -0.25) is 9.69 Å². The molecular weight excluding hydrogens is 344 g/mol. The number of piperidine rings is 1. The summed E-state index contributed by atoms with van der Waals surface area (Å²) < 4.78 is 0. The zero-order valence-corrected chi connectivity index (χ0v) is 17.4. The number of amides is 1. The van der Waals surface area contributed by atoms with Crippen LogP contribution in [-0.4, -0.2) is 36.5 Å². The van der Waals surface area contributed by atoms with Gasteiger partial charge in [0.25, 0.3) is 0 Å². The fraction of sp³-hybridized carbons (Fsp3) is 0.480. The molecule has 0 spiro atoms. The minimum Gasteiger partial charge on any atom is -0.308 e. The first-order valence-electron chi connectivity index (χ1n) is 10.7. The van der Waals surface area contributed by atoms with Gasteiger partial charge in [0.15, 0.2) is 0 Å². The Kier molecular flexibility index (Phi) is 5.54. The quantitative estimate of drug-likeness (QED) is 0.782. The molecule has 2 aromatic rings. The summed E-state index contributed by atoms with van der Waals surface area (Å²) in [6.07, 6.45) is 4.51. The van der Waals surface area contributed by atoms with Crippen molar-refractivity contribution in [2.24, 2.45) is 5.92 Å². The summed E-state index contributed by atoms with van der Waals surface area (Å²) in [5, 5.41) is 0. The molecule has 2 aliphatic heterocycles. The van der Waals surface area contributed by atoms with E-state index < -0.39 is 0 Å². The number of fused-ring (bicyclic) bond motifs is 1. The molecule has 2 aromatic carbocycles. The molecule has 148 valence electrons. The predicted octanol–water partition coefficient (Wildman–Crippen LogP) is 4.54. The van der Waals surface area contributed by atoms with Gasteiger partial charge in [0, 0.05) is 11.7 Å². The van der Waals surface area contributed by atoms with Gasteiger partial charge in [-0.2, -0.15) is 0 Å². The number of likely N-dealkylation sites (tertiary alicyclic amines) is 1. The second-order valence-corrected chi connectivity index (χ2v) is 8.79. The van der Waals surface area contributed by atoms with E-state index in [1.54, 1.807) is 0 Å². The summed E-state index contributed by atoms with van der Waals surface area (Å²) in [6.45, 7) is 9.15. The van der Waals surface area contributed by atoms with E-state index in [0.717, 1.165) is 31.1 Å². The highest BCUT2D eigenvalue weighted by Crippen LogP contribution is 2.32. The van der Waals surface area contributed by atoms with Crippen LogP contribution < -0.4 is 4.90 Å². The molecular formula is C25H32N2O. The summed E-state index contributed by atoms with van der Waals surface area (Å²) in [7, 11) is 0. The molecule has 0 bridgehead atoms. The molecule has 1 fully saturated rings. The zero-order chi connectivity index (χ0) is 19.7. The van der Waals surface area contributed by atoms with Gasteiger partial charge in [-0.1, -0.05) is 36.4 Å². The second-order valence-electron chi connectivity index (χ2n) is 8.79. The van der Waals surface area contributed by atoms with E-state index in [4.69, 9.17) is 0 Å². The smallest absolute Gasteiger partial charge is 0.241 e. The molecule has 1 unspecified atom stereocenters. The van der Waals surface area contributed by atoms with E-state index in [1.165, 1.54) is 41.5 Å². The molecule has 1 amide bonds. The number of hydrogen-bond donors (Lipinski definition) is 0. The van der Waals surface area contributed by atoms with Crippen molar-refractivity contribution in [2.45, 2.75) is 52.5 Å². The average molecular weight is 377 g/mol. The Labute approximate surface area is 169 Å². The highest BCUT2D eigenvalue weighted by Gasteiger charge is 2.32. The summed E-state index contributed by atoms with van der Waals surface area (Å²) in [5.41, 5.74) is 6.63. The van der Waals surface area contributed by atoms with Crippen LogP contribution in [0.2, 0.25) is 0 Å². The first-order valence-corrected chi connectivity index (χ1v) is 10.7. The number of anilines is 1. The third kappa shape index (κ3) is 4.00. The molecule has 0 saturated carbocycles. The molecule has 2 aliphatic rings. The van der Waals surface area contributed by atoms with Gasteiger partial charge in [-0.05, 0) is 93.8 Å². The van der Waals surface area contributed by atoms with Crippen molar-refractivity contribution in [1.82, 2.24) is 4.90 Å². The van der Waals surface area contributed by atoms with Crippen molar-refractivity contribution in [1.29, 1.82) is 0 Å². The predicted molar refractivity (Wildman–Crippen MR) is 116 cm³/mol. The summed E-state index contributed by atoms with van der Waals surface area (Å²) in [5.74, 6) is 0.991. The van der Waals surface area contributed by atoms with Crippen LogP contribution in [0, 0.1) is 19.8 Å². The Balaban J connectivity index is 1.31. The first-order chi connectivity index (χ1) is 13.5. The van der Waals surface area contributed by atoms with Gasteiger partial charge < -0.3 is 4.90 Å². The molecule has 0 N–H and O–H groups in total. The van der Waals surface area contributed by atoms with Crippen molar-refractivity contribution < 1.29 is 4.79 Å². The number of carbonyl (C=O) groups excluding carboxylic acids is 1. The number of rotatable bonds is 4. The molecule has 28 heavy (non-hydrogen) atoms. The summed E-state index contributed by atoms with van der Waals surface area (Å²) in [6, 6.07) is 15.5. The van der Waals surface area contributed by atoms with Gasteiger partial charge >= 0.3 is 0 Å². The SMILES string of the molecule is Cc1ccc(CC2CCN(CC(=O)N3c4ccccc4CC3C)CC2)cc1C. The Morgan fingerprint density at radius 3 is 2.54 bits per heavy atom. The van der Waals surface area contributed by atoms with Crippen LogP contribution in [-0.2, 0) is 17.6 Å². The lowest BCUT2D eigenvalue weighted by Gasteiger charge is -2.33. The van der Waals surface area contributed by atoms with Gasteiger partial charge in [0.2, 0.25) is 5.91 Å². The third-order valence-corrected chi connectivity index (χ3v) is 6.64. The Hall–Kier alpha value is -2.13. The van der Waals surface area contributed by atoms with E-state index in [0.29, 0.717) is 6.54 Å². The van der Waals surface area contributed by atoms with Gasteiger partial charge in [0.1, 0.15) is 0 Å². The van der Waals surface area contributed by atoms with Crippen LogP contribution in [0.5, 0.6) is 0 Å². The number of carbonyl (C=O) groups is 1. The van der Waals surface area contributed by atoms with Gasteiger partial charge in [-0.25, -0.2) is 0 Å². The van der Waals surface area contributed by atoms with Crippen LogP contribution in [0.1, 0.15) is 42.0 Å². The molecule has 0 radical (unpaired) electrons. The molecule has 1 atom stereocenters. The van der Waals surface area contributed by atoms with Crippen molar-refractivity contribution in [3.05, 3.63) is 64.7 Å². The minimum atomic E-state index is 0.255. The molecule has 1 saturated heterocycles. The molecule has 2 heterocycles. The zero-order valence-electron chi connectivity index (χ0n) is 17.4. The lowest BCUT2D eigenvalue weighted by molar-refractivity contribution is -0.120. The maximum Gasteiger partial charge on any atom is 0.241 e. The van der Waals surface area contributed by atoms with Crippen LogP contribution in [0.4, 0.5) is 5.69 Å². The maximum atomic E-state index is 13.0. The lowest BCUT2D eigenvalue weighted by atomic mass is 9.89. The average Bonchev–Trinajstić information content (AvgIpc) is 3.02. The van der Waals surface area contributed by atoms with E-state index in [9.17, 15) is 4.79 Å². The normalized spacial score (nSPS) is 20.4. The minimum absolute atomic E-state index is 0.255. The number of benzene rings is 2. The van der Waals surface area contributed by atoms with E-state index in [2.05, 4.69) is 62.1 Å².